The van der Waals surface area contributed by atoms with Crippen LogP contribution in [0.5, 0.6) is 0 Å². The third-order valence-corrected chi connectivity index (χ3v) is 5.86. The van der Waals surface area contributed by atoms with Gasteiger partial charge in [-0.05, 0) is 63.6 Å². The molecule has 0 saturated heterocycles. The van der Waals surface area contributed by atoms with Gasteiger partial charge in [0.2, 0.25) is 11.9 Å². The molecule has 1 aromatic carbocycles. The first kappa shape index (κ1) is 17.2. The molecule has 5 rings (SSSR count). The first-order valence-corrected chi connectivity index (χ1v) is 9.97. The summed E-state index contributed by atoms with van der Waals surface area (Å²) in [5.74, 6) is 2.72. The van der Waals surface area contributed by atoms with E-state index in [0.29, 0.717) is 11.9 Å². The lowest BCUT2D eigenvalue weighted by Gasteiger charge is -2.44. The number of hydrogen-bond donors (Lipinski definition) is 2. The van der Waals surface area contributed by atoms with Crippen molar-refractivity contribution in [2.75, 3.05) is 10.6 Å². The second-order valence-electron chi connectivity index (χ2n) is 8.15. The maximum absolute atomic E-state index is 4.86. The highest BCUT2D eigenvalue weighted by Gasteiger charge is 2.42. The van der Waals surface area contributed by atoms with Crippen LogP contribution in [-0.2, 0) is 5.66 Å². The molecule has 144 valence electrons. The fourth-order valence-corrected chi connectivity index (χ4v) is 4.39. The molecule has 3 heterocycles. The Kier molecular flexibility index (Phi) is 3.86. The van der Waals surface area contributed by atoms with Crippen LogP contribution in [0, 0.1) is 19.8 Å². The molecule has 7 nitrogen and oxygen atoms in total. The fraction of sp³-hybridized carbons (Fsp3) is 0.429. The molecular formula is C21H25N7. The third-order valence-electron chi connectivity index (χ3n) is 5.86. The van der Waals surface area contributed by atoms with Crippen molar-refractivity contribution in [1.29, 1.82) is 0 Å². The number of fused-ring (bicyclic) bond motifs is 4. The minimum Gasteiger partial charge on any atom is -0.361 e. The van der Waals surface area contributed by atoms with Crippen molar-refractivity contribution in [1.82, 2.24) is 24.7 Å². The topological polar surface area (TPSA) is 80.5 Å². The van der Waals surface area contributed by atoms with E-state index >= 15 is 0 Å². The van der Waals surface area contributed by atoms with E-state index in [0.717, 1.165) is 47.2 Å². The summed E-state index contributed by atoms with van der Waals surface area (Å²) in [4.78, 5) is 13.8. The Hall–Kier alpha value is -2.96. The fourth-order valence-electron chi connectivity index (χ4n) is 4.39. The van der Waals surface area contributed by atoms with Gasteiger partial charge < -0.3 is 5.32 Å². The molecule has 0 atom stereocenters. The monoisotopic (exact) mass is 375 g/mol. The minimum atomic E-state index is -0.216. The van der Waals surface area contributed by atoms with Crippen LogP contribution in [0.15, 0.2) is 30.3 Å². The zero-order valence-electron chi connectivity index (χ0n) is 16.5. The van der Waals surface area contributed by atoms with Gasteiger partial charge in [-0.1, -0.05) is 19.1 Å². The van der Waals surface area contributed by atoms with Gasteiger partial charge in [0, 0.05) is 22.6 Å². The molecule has 1 fully saturated rings. The summed E-state index contributed by atoms with van der Waals surface area (Å²) in [6.07, 6.45) is 4.44. The van der Waals surface area contributed by atoms with Crippen LogP contribution in [0.2, 0.25) is 0 Å². The number of aryl methyl sites for hydroxylation is 2. The van der Waals surface area contributed by atoms with Gasteiger partial charge in [-0.25, -0.2) is 14.6 Å². The Morgan fingerprint density at radius 1 is 1.04 bits per heavy atom. The predicted octanol–water partition coefficient (Wildman–Crippen LogP) is 4.38. The number of para-hydroxylation sites is 1. The maximum atomic E-state index is 4.86. The van der Waals surface area contributed by atoms with Crippen molar-refractivity contribution in [3.8, 4) is 11.4 Å². The van der Waals surface area contributed by atoms with E-state index in [4.69, 9.17) is 10.1 Å². The second-order valence-corrected chi connectivity index (χ2v) is 8.15. The first-order chi connectivity index (χ1) is 13.5. The average Bonchev–Trinajstić information content (AvgIpc) is 3.08. The first-order valence-electron chi connectivity index (χ1n) is 9.97. The van der Waals surface area contributed by atoms with Crippen molar-refractivity contribution in [2.24, 2.45) is 5.92 Å². The van der Waals surface area contributed by atoms with Crippen LogP contribution >= 0.6 is 0 Å². The molecule has 7 heteroatoms. The molecule has 0 radical (unpaired) electrons. The van der Waals surface area contributed by atoms with E-state index in [1.165, 1.54) is 12.8 Å². The van der Waals surface area contributed by atoms with Gasteiger partial charge in [0.25, 0.3) is 0 Å². The number of nitrogens with zero attached hydrogens (tertiary/aromatic N) is 5. The standard InChI is InChI=1S/C21H25N7/c1-13-8-10-21(11-9-13)26-17-7-5-4-6-16(17)18-24-20(27-28(18)21)25-19-22-14(2)12-15(3)23-19/h4-7,12-13,26H,8-11H2,1-3H3,(H,22,23,25,27). The summed E-state index contributed by atoms with van der Waals surface area (Å²) >= 11 is 0. The quantitative estimate of drug-likeness (QED) is 0.692. The van der Waals surface area contributed by atoms with Crippen molar-refractivity contribution in [3.05, 3.63) is 41.7 Å². The highest BCUT2D eigenvalue weighted by molar-refractivity contribution is 5.77. The van der Waals surface area contributed by atoms with Crippen molar-refractivity contribution in [2.45, 2.75) is 52.1 Å². The van der Waals surface area contributed by atoms with Crippen molar-refractivity contribution in [3.63, 3.8) is 0 Å². The summed E-state index contributed by atoms with van der Waals surface area (Å²) in [6.45, 7) is 6.25. The Balaban J connectivity index is 1.58. The van der Waals surface area contributed by atoms with E-state index in [1.807, 2.05) is 26.0 Å². The Bertz CT molecular complexity index is 1010. The number of benzene rings is 1. The Morgan fingerprint density at radius 3 is 2.50 bits per heavy atom. The highest BCUT2D eigenvalue weighted by Crippen LogP contribution is 2.45. The number of aromatic nitrogens is 5. The van der Waals surface area contributed by atoms with Crippen LogP contribution in [0.1, 0.15) is 44.0 Å². The SMILES string of the molecule is Cc1cc(C)nc(Nc2nc3n(n2)C2(CCC(C)CC2)Nc2ccccc2-3)n1. The van der Waals surface area contributed by atoms with E-state index in [9.17, 15) is 0 Å². The molecule has 1 aliphatic carbocycles. The normalized spacial score (nSPS) is 23.0. The van der Waals surface area contributed by atoms with E-state index in [1.54, 1.807) is 0 Å². The van der Waals surface area contributed by atoms with Gasteiger partial charge in [0.15, 0.2) is 5.82 Å². The summed E-state index contributed by atoms with van der Waals surface area (Å²) in [5.41, 5.74) is 3.83. The van der Waals surface area contributed by atoms with Crippen molar-refractivity contribution >= 4 is 17.6 Å². The van der Waals surface area contributed by atoms with Gasteiger partial charge in [0.1, 0.15) is 5.66 Å². The molecule has 2 aliphatic rings. The van der Waals surface area contributed by atoms with Gasteiger partial charge >= 0.3 is 0 Å². The predicted molar refractivity (Wildman–Crippen MR) is 109 cm³/mol. The second kappa shape index (κ2) is 6.29. The van der Waals surface area contributed by atoms with Gasteiger partial charge in [-0.15, -0.1) is 5.10 Å². The highest BCUT2D eigenvalue weighted by atomic mass is 15.5. The lowest BCUT2D eigenvalue weighted by atomic mass is 9.81. The lowest BCUT2D eigenvalue weighted by molar-refractivity contribution is 0.175. The molecule has 0 amide bonds. The summed E-state index contributed by atoms with van der Waals surface area (Å²) < 4.78 is 2.09. The zero-order valence-corrected chi connectivity index (χ0v) is 16.5. The van der Waals surface area contributed by atoms with E-state index < -0.39 is 0 Å². The number of anilines is 3. The molecule has 0 bridgehead atoms. The molecule has 3 aromatic rings. The summed E-state index contributed by atoms with van der Waals surface area (Å²) in [6, 6.07) is 10.3. The molecule has 0 unspecified atom stereocenters. The zero-order chi connectivity index (χ0) is 19.3. The van der Waals surface area contributed by atoms with Crippen molar-refractivity contribution < 1.29 is 0 Å². The van der Waals surface area contributed by atoms with Crippen LogP contribution in [0.4, 0.5) is 17.6 Å². The number of rotatable bonds is 2. The number of nitrogens with one attached hydrogen (secondary N) is 2. The summed E-state index contributed by atoms with van der Waals surface area (Å²) in [5, 5.41) is 11.9. The molecule has 28 heavy (non-hydrogen) atoms. The van der Waals surface area contributed by atoms with Crippen LogP contribution in [-0.4, -0.2) is 24.7 Å². The Labute approximate surface area is 164 Å². The molecule has 1 aliphatic heterocycles. The molecular weight excluding hydrogens is 350 g/mol. The smallest absolute Gasteiger partial charge is 0.249 e. The average molecular weight is 375 g/mol. The molecule has 2 N–H and O–H groups in total. The largest absolute Gasteiger partial charge is 0.361 e. The molecule has 1 saturated carbocycles. The van der Waals surface area contributed by atoms with E-state index in [-0.39, 0.29) is 5.66 Å². The van der Waals surface area contributed by atoms with Crippen LogP contribution in [0.25, 0.3) is 11.4 Å². The van der Waals surface area contributed by atoms with Gasteiger partial charge in [0.05, 0.1) is 0 Å². The Morgan fingerprint density at radius 2 is 1.75 bits per heavy atom. The van der Waals surface area contributed by atoms with Crippen LogP contribution < -0.4 is 10.6 Å². The third kappa shape index (κ3) is 2.82. The maximum Gasteiger partial charge on any atom is 0.249 e. The van der Waals surface area contributed by atoms with Crippen LogP contribution in [0.3, 0.4) is 0 Å². The number of hydrogen-bond acceptors (Lipinski definition) is 6. The molecule has 2 aromatic heterocycles. The molecule has 1 spiro atoms. The lowest BCUT2D eigenvalue weighted by Crippen LogP contribution is -2.47. The van der Waals surface area contributed by atoms with Gasteiger partial charge in [-0.2, -0.15) is 4.98 Å². The minimum absolute atomic E-state index is 0.216. The summed E-state index contributed by atoms with van der Waals surface area (Å²) in [7, 11) is 0. The van der Waals surface area contributed by atoms with Gasteiger partial charge in [-0.3, -0.25) is 5.32 Å². The van der Waals surface area contributed by atoms with E-state index in [2.05, 4.69) is 50.4 Å².